The quantitative estimate of drug-likeness (QED) is 0.345. The van der Waals surface area contributed by atoms with E-state index in [0.717, 1.165) is 0 Å². The number of aliphatic carboxylic acids is 1. The summed E-state index contributed by atoms with van der Waals surface area (Å²) >= 11 is 1.42. The topological polar surface area (TPSA) is 136 Å². The van der Waals surface area contributed by atoms with E-state index in [9.17, 15) is 29.4 Å². The molecule has 1 unspecified atom stereocenters. The molecule has 146 valence electrons. The van der Waals surface area contributed by atoms with Crippen LogP contribution in [0.4, 0.5) is 0 Å². The third-order valence-corrected chi connectivity index (χ3v) is 7.15. The Hall–Kier alpha value is -1.91. The molecule has 0 spiro atoms. The van der Waals surface area contributed by atoms with E-state index < -0.39 is 18.0 Å². The lowest BCUT2D eigenvalue weighted by molar-refractivity contribution is -0.161. The number of hydrogen-bond donors (Lipinski definition) is 4. The lowest BCUT2D eigenvalue weighted by atomic mass is 9.83. The molecule has 3 saturated heterocycles. The highest BCUT2D eigenvalue weighted by molar-refractivity contribution is 8.03. The van der Waals surface area contributed by atoms with Crippen molar-refractivity contribution in [2.24, 2.45) is 11.8 Å². The monoisotopic (exact) mass is 395 g/mol. The first-order valence-corrected chi connectivity index (χ1v) is 9.87. The van der Waals surface area contributed by atoms with Crippen LogP contribution in [-0.4, -0.2) is 68.8 Å². The molecule has 27 heavy (non-hydrogen) atoms. The second-order valence-corrected chi connectivity index (χ2v) is 8.93. The summed E-state index contributed by atoms with van der Waals surface area (Å²) in [6.45, 7) is 2.15. The summed E-state index contributed by atoms with van der Waals surface area (Å²) < 4.78 is 0. The predicted molar refractivity (Wildman–Crippen MR) is 94.1 cm³/mol. The number of thioether (sulfide) groups is 1. The zero-order valence-electron chi connectivity index (χ0n) is 14.7. The molecule has 0 bridgehead atoms. The number of carboxylic acid groups (broad SMARTS) is 1. The number of carboxylic acids is 1. The minimum Gasteiger partial charge on any atom is -0.477 e. The van der Waals surface area contributed by atoms with Crippen LogP contribution in [0.1, 0.15) is 26.2 Å². The van der Waals surface area contributed by atoms with Crippen molar-refractivity contribution < 1.29 is 29.4 Å². The van der Waals surface area contributed by atoms with Crippen LogP contribution < -0.4 is 10.6 Å². The number of aliphatic hydroxyl groups is 1. The summed E-state index contributed by atoms with van der Waals surface area (Å²) in [7, 11) is 0. The number of fused-ring (bicyclic) bond motifs is 1. The maximum absolute atomic E-state index is 12.2. The van der Waals surface area contributed by atoms with Gasteiger partial charge in [-0.1, -0.05) is 0 Å². The second kappa shape index (κ2) is 6.61. The number of imide groups is 1. The first kappa shape index (κ1) is 18.5. The third-order valence-electron chi connectivity index (χ3n) is 5.81. The molecule has 3 amide bonds. The molecule has 3 fully saturated rings. The van der Waals surface area contributed by atoms with Gasteiger partial charge in [0.15, 0.2) is 0 Å². The molecule has 0 saturated carbocycles. The SMILES string of the molecule is C[C@@H](O)[C@H]1C(=O)N2C(C(=O)O)=C(S[C@@H]3CN[C@H](C4CC(=O)NC4=O)C3)C[C@H]12. The number of carbonyl (C=O) groups excluding carboxylic acids is 3. The van der Waals surface area contributed by atoms with Crippen LogP contribution >= 0.6 is 11.8 Å². The van der Waals surface area contributed by atoms with Gasteiger partial charge in [0.1, 0.15) is 5.70 Å². The second-order valence-electron chi connectivity index (χ2n) is 7.54. The maximum Gasteiger partial charge on any atom is 0.353 e. The van der Waals surface area contributed by atoms with Crippen LogP contribution in [0, 0.1) is 11.8 Å². The van der Waals surface area contributed by atoms with Crippen molar-refractivity contribution in [3.8, 4) is 0 Å². The molecule has 4 N–H and O–H groups in total. The summed E-state index contributed by atoms with van der Waals surface area (Å²) in [6, 6.07) is -0.414. The van der Waals surface area contributed by atoms with Crippen molar-refractivity contribution in [3.63, 3.8) is 0 Å². The van der Waals surface area contributed by atoms with Gasteiger partial charge in [-0.05, 0) is 13.3 Å². The van der Waals surface area contributed by atoms with E-state index in [1.54, 1.807) is 6.92 Å². The van der Waals surface area contributed by atoms with E-state index in [0.29, 0.717) is 24.3 Å². The number of aliphatic hydroxyl groups excluding tert-OH is 1. The lowest BCUT2D eigenvalue weighted by Gasteiger charge is -2.44. The molecule has 6 atom stereocenters. The standard InChI is InChI=1S/C17H21N3O6S/c1-6(21)13-10-4-11(14(17(25)26)20(10)16(13)24)27-7-2-9(18-5-7)8-3-12(22)19-15(8)23/h6-10,13,18,21H,2-5H2,1H3,(H,25,26)(H,19,22,23)/t6-,7+,8?,9+,10-,13-/m1/s1. The summed E-state index contributed by atoms with van der Waals surface area (Å²) in [6.07, 6.45) is 0.438. The van der Waals surface area contributed by atoms with Crippen molar-refractivity contribution >= 4 is 35.5 Å². The molecule has 4 rings (SSSR count). The fourth-order valence-corrected chi connectivity index (χ4v) is 6.01. The molecular formula is C17H21N3O6S. The summed E-state index contributed by atoms with van der Waals surface area (Å²) in [4.78, 5) is 49.2. The first-order chi connectivity index (χ1) is 12.8. The van der Waals surface area contributed by atoms with Gasteiger partial charge in [-0.3, -0.25) is 19.7 Å². The minimum atomic E-state index is -1.14. The Balaban J connectivity index is 1.45. The number of nitrogens with zero attached hydrogens (tertiary/aromatic N) is 1. The van der Waals surface area contributed by atoms with E-state index >= 15 is 0 Å². The van der Waals surface area contributed by atoms with Crippen molar-refractivity contribution in [2.75, 3.05) is 6.54 Å². The van der Waals surface area contributed by atoms with Gasteiger partial charge in [0.2, 0.25) is 17.7 Å². The fourth-order valence-electron chi connectivity index (χ4n) is 4.57. The minimum absolute atomic E-state index is 0.0177. The van der Waals surface area contributed by atoms with Crippen molar-refractivity contribution in [1.82, 2.24) is 15.5 Å². The van der Waals surface area contributed by atoms with Gasteiger partial charge >= 0.3 is 5.97 Å². The van der Waals surface area contributed by atoms with Crippen LogP contribution in [0.15, 0.2) is 10.6 Å². The molecule has 0 aromatic rings. The number of nitrogens with one attached hydrogen (secondary N) is 2. The van der Waals surface area contributed by atoms with Gasteiger partial charge in [-0.25, -0.2) is 4.79 Å². The van der Waals surface area contributed by atoms with E-state index in [1.165, 1.54) is 16.7 Å². The van der Waals surface area contributed by atoms with E-state index in [1.807, 2.05) is 0 Å². The van der Waals surface area contributed by atoms with Crippen LogP contribution in [0.2, 0.25) is 0 Å². The Morgan fingerprint density at radius 1 is 1.30 bits per heavy atom. The van der Waals surface area contributed by atoms with Crippen molar-refractivity contribution in [3.05, 3.63) is 10.6 Å². The molecule has 0 radical (unpaired) electrons. The van der Waals surface area contributed by atoms with Crippen molar-refractivity contribution in [2.45, 2.75) is 49.6 Å². The van der Waals surface area contributed by atoms with E-state index in [2.05, 4.69) is 10.6 Å². The molecule has 10 heteroatoms. The maximum atomic E-state index is 12.2. The van der Waals surface area contributed by atoms with Crippen LogP contribution in [0.25, 0.3) is 0 Å². The zero-order chi connectivity index (χ0) is 19.5. The Morgan fingerprint density at radius 2 is 2.04 bits per heavy atom. The number of amides is 3. The van der Waals surface area contributed by atoms with Crippen LogP contribution in [-0.2, 0) is 19.2 Å². The number of hydrogen-bond acceptors (Lipinski definition) is 7. The van der Waals surface area contributed by atoms with E-state index in [4.69, 9.17) is 0 Å². The van der Waals surface area contributed by atoms with Gasteiger partial charge in [-0.2, -0.15) is 0 Å². The highest BCUT2D eigenvalue weighted by atomic mass is 32.2. The Kier molecular flexibility index (Phi) is 4.52. The molecule has 0 aromatic heterocycles. The molecule has 9 nitrogen and oxygen atoms in total. The zero-order valence-corrected chi connectivity index (χ0v) is 15.5. The number of rotatable bonds is 5. The van der Waals surface area contributed by atoms with Gasteiger partial charge in [0.25, 0.3) is 0 Å². The highest BCUT2D eigenvalue weighted by Gasteiger charge is 2.57. The summed E-state index contributed by atoms with van der Waals surface area (Å²) in [5.41, 5.74) is 0.0177. The van der Waals surface area contributed by atoms with Gasteiger partial charge in [-0.15, -0.1) is 11.8 Å². The first-order valence-electron chi connectivity index (χ1n) is 8.99. The number of β-lactam (4-membered cyclic amide) rings is 1. The van der Waals surface area contributed by atoms with Gasteiger partial charge in [0.05, 0.1) is 24.0 Å². The van der Waals surface area contributed by atoms with Crippen LogP contribution in [0.5, 0.6) is 0 Å². The predicted octanol–water partition coefficient (Wildman–Crippen LogP) is -0.979. The van der Waals surface area contributed by atoms with Gasteiger partial charge in [0, 0.05) is 35.6 Å². The smallest absolute Gasteiger partial charge is 0.353 e. The van der Waals surface area contributed by atoms with Crippen molar-refractivity contribution in [1.29, 1.82) is 0 Å². The average Bonchev–Trinajstić information content (AvgIpc) is 3.23. The third kappa shape index (κ3) is 2.95. The fraction of sp³-hybridized carbons (Fsp3) is 0.647. The van der Waals surface area contributed by atoms with Gasteiger partial charge < -0.3 is 20.4 Å². The molecule has 0 aliphatic carbocycles. The Morgan fingerprint density at radius 3 is 2.63 bits per heavy atom. The largest absolute Gasteiger partial charge is 0.477 e. The number of carbonyl (C=O) groups is 4. The Labute approximate surface area is 159 Å². The molecular weight excluding hydrogens is 374 g/mol. The summed E-state index contributed by atoms with van der Waals surface area (Å²) in [5, 5.41) is 25.0. The van der Waals surface area contributed by atoms with Crippen LogP contribution in [0.3, 0.4) is 0 Å². The average molecular weight is 395 g/mol. The highest BCUT2D eigenvalue weighted by Crippen LogP contribution is 2.48. The molecule has 0 aromatic carbocycles. The lowest BCUT2D eigenvalue weighted by Crippen LogP contribution is -2.61. The molecule has 4 aliphatic rings. The molecule has 4 aliphatic heterocycles. The molecule has 4 heterocycles. The van der Waals surface area contributed by atoms with E-state index in [-0.39, 0.29) is 53.1 Å². The Bertz CT molecular complexity index is 766. The summed E-state index contributed by atoms with van der Waals surface area (Å²) in [5.74, 6) is -2.95. The normalized spacial score (nSPS) is 36.7.